The van der Waals surface area contributed by atoms with Crippen molar-refractivity contribution in [3.05, 3.63) is 52.2 Å². The van der Waals surface area contributed by atoms with Crippen LogP contribution in [0.25, 0.3) is 0 Å². The molecule has 3 heteroatoms. The standard InChI is InChI=1S/C15H19NS2/c1-3-16-12(2)14-4-6-15(7-5-14)18-11-13-8-9-17-10-13/h4-10,12,16H,3,11H2,1-2H3. The molecular formula is C15H19NS2. The lowest BCUT2D eigenvalue weighted by Gasteiger charge is -2.12. The molecule has 1 atom stereocenters. The number of rotatable bonds is 6. The van der Waals surface area contributed by atoms with Crippen molar-refractivity contribution in [3.63, 3.8) is 0 Å². The molecular weight excluding hydrogens is 258 g/mol. The van der Waals surface area contributed by atoms with E-state index in [1.165, 1.54) is 16.0 Å². The third-order valence-corrected chi connectivity index (χ3v) is 4.69. The smallest absolute Gasteiger partial charge is 0.0291 e. The third kappa shape index (κ3) is 3.87. The molecule has 96 valence electrons. The molecule has 0 saturated heterocycles. The molecule has 0 aliphatic heterocycles. The Bertz CT molecular complexity index is 448. The number of hydrogen-bond donors (Lipinski definition) is 1. The van der Waals surface area contributed by atoms with Crippen LogP contribution in [0.3, 0.4) is 0 Å². The summed E-state index contributed by atoms with van der Waals surface area (Å²) in [6, 6.07) is 11.5. The van der Waals surface area contributed by atoms with Crippen molar-refractivity contribution < 1.29 is 0 Å². The van der Waals surface area contributed by atoms with Crippen LogP contribution in [0, 0.1) is 0 Å². The minimum atomic E-state index is 0.436. The van der Waals surface area contributed by atoms with Crippen LogP contribution < -0.4 is 5.32 Å². The van der Waals surface area contributed by atoms with E-state index in [2.05, 4.69) is 60.3 Å². The number of nitrogens with one attached hydrogen (secondary N) is 1. The van der Waals surface area contributed by atoms with E-state index in [4.69, 9.17) is 0 Å². The van der Waals surface area contributed by atoms with Gasteiger partial charge in [0, 0.05) is 16.7 Å². The van der Waals surface area contributed by atoms with E-state index in [-0.39, 0.29) is 0 Å². The SMILES string of the molecule is CCNC(C)c1ccc(SCc2ccsc2)cc1. The molecule has 0 radical (unpaired) electrons. The monoisotopic (exact) mass is 277 g/mol. The van der Waals surface area contributed by atoms with Crippen LogP contribution >= 0.6 is 23.1 Å². The normalized spacial score (nSPS) is 12.6. The van der Waals surface area contributed by atoms with Crippen molar-refractivity contribution in [1.29, 1.82) is 0 Å². The molecule has 0 saturated carbocycles. The summed E-state index contributed by atoms with van der Waals surface area (Å²) in [6.07, 6.45) is 0. The van der Waals surface area contributed by atoms with Gasteiger partial charge in [0.1, 0.15) is 0 Å². The number of thiophene rings is 1. The Balaban J connectivity index is 1.91. The van der Waals surface area contributed by atoms with Gasteiger partial charge in [-0.1, -0.05) is 19.1 Å². The Morgan fingerprint density at radius 1 is 1.22 bits per heavy atom. The third-order valence-electron chi connectivity index (χ3n) is 2.88. The highest BCUT2D eigenvalue weighted by Gasteiger charge is 2.03. The Morgan fingerprint density at radius 3 is 2.61 bits per heavy atom. The van der Waals surface area contributed by atoms with E-state index < -0.39 is 0 Å². The van der Waals surface area contributed by atoms with Gasteiger partial charge in [0.15, 0.2) is 0 Å². The van der Waals surface area contributed by atoms with E-state index in [9.17, 15) is 0 Å². The molecule has 2 aromatic rings. The molecule has 1 heterocycles. The molecule has 1 unspecified atom stereocenters. The molecule has 0 aliphatic carbocycles. The van der Waals surface area contributed by atoms with Crippen molar-refractivity contribution in [1.82, 2.24) is 5.32 Å². The Labute approximate surface area is 118 Å². The van der Waals surface area contributed by atoms with E-state index in [0.29, 0.717) is 6.04 Å². The lowest BCUT2D eigenvalue weighted by Crippen LogP contribution is -2.17. The summed E-state index contributed by atoms with van der Waals surface area (Å²) < 4.78 is 0. The van der Waals surface area contributed by atoms with Crippen molar-refractivity contribution in [3.8, 4) is 0 Å². The molecule has 1 aromatic carbocycles. The molecule has 0 fully saturated rings. The molecule has 0 spiro atoms. The summed E-state index contributed by atoms with van der Waals surface area (Å²) in [4.78, 5) is 1.34. The summed E-state index contributed by atoms with van der Waals surface area (Å²) in [5.41, 5.74) is 2.77. The summed E-state index contributed by atoms with van der Waals surface area (Å²) >= 11 is 3.66. The Morgan fingerprint density at radius 2 is 2.00 bits per heavy atom. The average molecular weight is 277 g/mol. The van der Waals surface area contributed by atoms with Gasteiger partial charge in [0.05, 0.1) is 0 Å². The summed E-state index contributed by atoms with van der Waals surface area (Å²) in [6.45, 7) is 5.36. The van der Waals surface area contributed by atoms with Gasteiger partial charge in [0.25, 0.3) is 0 Å². The van der Waals surface area contributed by atoms with Crippen LogP contribution in [0.5, 0.6) is 0 Å². The summed E-state index contributed by atoms with van der Waals surface area (Å²) in [7, 11) is 0. The lowest BCUT2D eigenvalue weighted by atomic mass is 10.1. The number of thioether (sulfide) groups is 1. The van der Waals surface area contributed by atoms with Gasteiger partial charge in [-0.25, -0.2) is 0 Å². The van der Waals surface area contributed by atoms with Crippen molar-refractivity contribution in [2.75, 3.05) is 6.54 Å². The van der Waals surface area contributed by atoms with Crippen LogP contribution in [-0.2, 0) is 5.75 Å². The first-order chi connectivity index (χ1) is 8.79. The minimum Gasteiger partial charge on any atom is -0.310 e. The molecule has 0 bridgehead atoms. The van der Waals surface area contributed by atoms with E-state index in [1.54, 1.807) is 11.3 Å². The fraction of sp³-hybridized carbons (Fsp3) is 0.333. The maximum absolute atomic E-state index is 3.43. The molecule has 2 rings (SSSR count). The van der Waals surface area contributed by atoms with Gasteiger partial charge in [-0.2, -0.15) is 11.3 Å². The first kappa shape index (κ1) is 13.7. The van der Waals surface area contributed by atoms with Crippen molar-refractivity contribution in [2.45, 2.75) is 30.5 Å². The molecule has 0 amide bonds. The zero-order valence-electron chi connectivity index (χ0n) is 10.8. The first-order valence-corrected chi connectivity index (χ1v) is 8.19. The second-order valence-corrected chi connectivity index (χ2v) is 6.10. The second kappa shape index (κ2) is 6.98. The van der Waals surface area contributed by atoms with Gasteiger partial charge in [-0.15, -0.1) is 11.8 Å². The Kier molecular flexibility index (Phi) is 5.29. The zero-order chi connectivity index (χ0) is 12.8. The van der Waals surface area contributed by atoms with Gasteiger partial charge in [0.2, 0.25) is 0 Å². The summed E-state index contributed by atoms with van der Waals surface area (Å²) in [5.74, 6) is 1.06. The highest BCUT2D eigenvalue weighted by Crippen LogP contribution is 2.25. The van der Waals surface area contributed by atoms with Crippen molar-refractivity contribution in [2.24, 2.45) is 0 Å². The van der Waals surface area contributed by atoms with E-state index >= 15 is 0 Å². The highest BCUT2D eigenvalue weighted by atomic mass is 32.2. The molecule has 1 nitrogen and oxygen atoms in total. The second-order valence-electron chi connectivity index (χ2n) is 4.27. The minimum absolute atomic E-state index is 0.436. The zero-order valence-corrected chi connectivity index (χ0v) is 12.5. The molecule has 1 aromatic heterocycles. The van der Waals surface area contributed by atoms with Gasteiger partial charge in [-0.3, -0.25) is 0 Å². The topological polar surface area (TPSA) is 12.0 Å². The quantitative estimate of drug-likeness (QED) is 0.767. The van der Waals surface area contributed by atoms with E-state index in [1.807, 2.05) is 11.8 Å². The highest BCUT2D eigenvalue weighted by molar-refractivity contribution is 7.98. The predicted octanol–water partition coefficient (Wildman–Crippen LogP) is 4.71. The van der Waals surface area contributed by atoms with Crippen LogP contribution in [0.1, 0.15) is 31.0 Å². The maximum atomic E-state index is 3.43. The van der Waals surface area contributed by atoms with Crippen LogP contribution in [0.15, 0.2) is 46.0 Å². The van der Waals surface area contributed by atoms with Gasteiger partial charge >= 0.3 is 0 Å². The van der Waals surface area contributed by atoms with E-state index in [0.717, 1.165) is 12.3 Å². The fourth-order valence-corrected chi connectivity index (χ4v) is 3.43. The van der Waals surface area contributed by atoms with Gasteiger partial charge in [-0.05, 0) is 53.6 Å². The number of benzene rings is 1. The molecule has 0 aliphatic rings. The average Bonchev–Trinajstić information content (AvgIpc) is 2.90. The predicted molar refractivity (Wildman–Crippen MR) is 82.4 cm³/mol. The molecule has 18 heavy (non-hydrogen) atoms. The molecule has 1 N–H and O–H groups in total. The summed E-state index contributed by atoms with van der Waals surface area (Å²) in [5, 5.41) is 7.78. The lowest BCUT2D eigenvalue weighted by molar-refractivity contribution is 0.598. The van der Waals surface area contributed by atoms with Crippen LogP contribution in [0.2, 0.25) is 0 Å². The van der Waals surface area contributed by atoms with Crippen LogP contribution in [0.4, 0.5) is 0 Å². The van der Waals surface area contributed by atoms with Crippen LogP contribution in [-0.4, -0.2) is 6.54 Å². The fourth-order valence-electron chi connectivity index (χ4n) is 1.82. The maximum Gasteiger partial charge on any atom is 0.0291 e. The number of hydrogen-bond acceptors (Lipinski definition) is 3. The van der Waals surface area contributed by atoms with Crippen molar-refractivity contribution >= 4 is 23.1 Å². The Hall–Kier alpha value is -0.770. The largest absolute Gasteiger partial charge is 0.310 e. The van der Waals surface area contributed by atoms with Gasteiger partial charge < -0.3 is 5.32 Å². The first-order valence-electron chi connectivity index (χ1n) is 6.27.